The first kappa shape index (κ1) is 12.0. The molecule has 2 heterocycles. The Labute approximate surface area is 105 Å². The van der Waals surface area contributed by atoms with Crippen LogP contribution in [0.1, 0.15) is 17.4 Å². The number of pyridine rings is 1. The number of nitrogens with two attached hydrogens (primary N) is 1. The lowest BCUT2D eigenvalue weighted by Gasteiger charge is -2.20. The summed E-state index contributed by atoms with van der Waals surface area (Å²) in [5, 5.41) is 0. The third-order valence-electron chi connectivity index (χ3n) is 2.43. The van der Waals surface area contributed by atoms with E-state index >= 15 is 0 Å². The molecule has 2 aromatic heterocycles. The van der Waals surface area contributed by atoms with Gasteiger partial charge < -0.3 is 10.6 Å². The quantitative estimate of drug-likeness (QED) is 0.873. The first-order chi connectivity index (χ1) is 8.72. The molecule has 0 saturated carbocycles. The van der Waals surface area contributed by atoms with Crippen molar-refractivity contribution in [2.75, 3.05) is 17.2 Å². The van der Waals surface area contributed by atoms with Crippen molar-refractivity contribution in [1.82, 2.24) is 15.0 Å². The maximum Gasteiger partial charge on any atom is 0.278 e. The molecule has 6 heteroatoms. The van der Waals surface area contributed by atoms with Gasteiger partial charge >= 0.3 is 0 Å². The molecule has 0 radical (unpaired) electrons. The molecule has 0 aliphatic heterocycles. The van der Waals surface area contributed by atoms with Crippen LogP contribution in [0.25, 0.3) is 0 Å². The summed E-state index contributed by atoms with van der Waals surface area (Å²) >= 11 is 0. The molecule has 0 aliphatic carbocycles. The van der Waals surface area contributed by atoms with Gasteiger partial charge in [0.2, 0.25) is 0 Å². The summed E-state index contributed by atoms with van der Waals surface area (Å²) in [4.78, 5) is 25.6. The molecule has 2 rings (SSSR count). The lowest BCUT2D eigenvalue weighted by molar-refractivity contribution is 0.0983. The standard InChI is InChI=1S/C12H13N5O/c1-2-17(9-3-5-14-6-4-9)12(18)10-7-16-11(13)8-15-10/h3-8H,2H2,1H3,(H2,13,16). The highest BCUT2D eigenvalue weighted by Gasteiger charge is 2.17. The van der Waals surface area contributed by atoms with Crippen LogP contribution in [0.2, 0.25) is 0 Å². The minimum atomic E-state index is -0.212. The molecule has 92 valence electrons. The Morgan fingerprint density at radius 3 is 2.56 bits per heavy atom. The lowest BCUT2D eigenvalue weighted by Crippen LogP contribution is -2.31. The normalized spacial score (nSPS) is 10.1. The number of nitrogens with zero attached hydrogens (tertiary/aromatic N) is 4. The van der Waals surface area contributed by atoms with Crippen molar-refractivity contribution in [3.05, 3.63) is 42.6 Å². The SMILES string of the molecule is CCN(C(=O)c1cnc(N)cn1)c1ccncc1. The van der Waals surface area contributed by atoms with Crippen LogP contribution in [0.3, 0.4) is 0 Å². The maximum atomic E-state index is 12.2. The topological polar surface area (TPSA) is 85.0 Å². The Bertz CT molecular complexity index is 526. The minimum absolute atomic E-state index is 0.212. The van der Waals surface area contributed by atoms with Crippen molar-refractivity contribution in [3.63, 3.8) is 0 Å². The molecule has 0 aliphatic rings. The van der Waals surface area contributed by atoms with Gasteiger partial charge in [-0.3, -0.25) is 9.78 Å². The van der Waals surface area contributed by atoms with Crippen LogP contribution in [-0.2, 0) is 0 Å². The van der Waals surface area contributed by atoms with Crippen molar-refractivity contribution >= 4 is 17.4 Å². The number of hydrogen-bond acceptors (Lipinski definition) is 5. The third-order valence-corrected chi connectivity index (χ3v) is 2.43. The molecule has 6 nitrogen and oxygen atoms in total. The Balaban J connectivity index is 2.28. The summed E-state index contributed by atoms with van der Waals surface area (Å²) in [5.74, 6) is 0.0784. The number of nitrogen functional groups attached to an aromatic ring is 1. The summed E-state index contributed by atoms with van der Waals surface area (Å²) in [5.41, 5.74) is 6.48. The average Bonchev–Trinajstić information content (AvgIpc) is 2.41. The second-order valence-electron chi connectivity index (χ2n) is 3.58. The van der Waals surface area contributed by atoms with Crippen LogP contribution in [0.4, 0.5) is 11.5 Å². The zero-order valence-corrected chi connectivity index (χ0v) is 9.95. The Kier molecular flexibility index (Phi) is 3.47. The summed E-state index contributed by atoms with van der Waals surface area (Å²) in [7, 11) is 0. The number of aromatic nitrogens is 3. The van der Waals surface area contributed by atoms with Crippen LogP contribution in [0.5, 0.6) is 0 Å². The van der Waals surface area contributed by atoms with E-state index in [4.69, 9.17) is 5.73 Å². The zero-order valence-electron chi connectivity index (χ0n) is 9.95. The second-order valence-corrected chi connectivity index (χ2v) is 3.58. The van der Waals surface area contributed by atoms with Crippen molar-refractivity contribution in [3.8, 4) is 0 Å². The molecule has 2 N–H and O–H groups in total. The van der Waals surface area contributed by atoms with Crippen molar-refractivity contribution < 1.29 is 4.79 Å². The predicted molar refractivity (Wildman–Crippen MR) is 68.0 cm³/mol. The fraction of sp³-hybridized carbons (Fsp3) is 0.167. The lowest BCUT2D eigenvalue weighted by atomic mass is 10.3. The smallest absolute Gasteiger partial charge is 0.278 e. The Hall–Kier alpha value is -2.50. The largest absolute Gasteiger partial charge is 0.382 e. The molecule has 0 bridgehead atoms. The van der Waals surface area contributed by atoms with Crippen LogP contribution in [-0.4, -0.2) is 27.4 Å². The minimum Gasteiger partial charge on any atom is -0.382 e. The van der Waals surface area contributed by atoms with E-state index < -0.39 is 0 Å². The van der Waals surface area contributed by atoms with Gasteiger partial charge in [0.15, 0.2) is 0 Å². The number of anilines is 2. The van der Waals surface area contributed by atoms with E-state index in [1.807, 2.05) is 6.92 Å². The zero-order chi connectivity index (χ0) is 13.0. The molecule has 18 heavy (non-hydrogen) atoms. The molecule has 0 unspecified atom stereocenters. The first-order valence-corrected chi connectivity index (χ1v) is 5.51. The van der Waals surface area contributed by atoms with E-state index in [2.05, 4.69) is 15.0 Å². The van der Waals surface area contributed by atoms with E-state index in [9.17, 15) is 4.79 Å². The monoisotopic (exact) mass is 243 g/mol. The van der Waals surface area contributed by atoms with Crippen molar-refractivity contribution in [2.45, 2.75) is 6.92 Å². The maximum absolute atomic E-state index is 12.2. The van der Waals surface area contributed by atoms with Crippen LogP contribution < -0.4 is 10.6 Å². The van der Waals surface area contributed by atoms with E-state index in [-0.39, 0.29) is 11.6 Å². The second kappa shape index (κ2) is 5.22. The number of amides is 1. The number of rotatable bonds is 3. The van der Waals surface area contributed by atoms with E-state index in [0.717, 1.165) is 5.69 Å². The van der Waals surface area contributed by atoms with Crippen LogP contribution in [0, 0.1) is 0 Å². The number of carbonyl (C=O) groups excluding carboxylic acids is 1. The van der Waals surface area contributed by atoms with Gasteiger partial charge in [0.05, 0.1) is 12.4 Å². The van der Waals surface area contributed by atoms with Crippen molar-refractivity contribution in [2.24, 2.45) is 0 Å². The van der Waals surface area contributed by atoms with Gasteiger partial charge in [-0.05, 0) is 19.1 Å². The van der Waals surface area contributed by atoms with Gasteiger partial charge in [-0.25, -0.2) is 9.97 Å². The fourth-order valence-electron chi connectivity index (χ4n) is 1.55. The van der Waals surface area contributed by atoms with Crippen molar-refractivity contribution in [1.29, 1.82) is 0 Å². The molecule has 0 spiro atoms. The molecule has 0 saturated heterocycles. The average molecular weight is 243 g/mol. The summed E-state index contributed by atoms with van der Waals surface area (Å²) < 4.78 is 0. The molecular weight excluding hydrogens is 230 g/mol. The highest BCUT2D eigenvalue weighted by Crippen LogP contribution is 2.14. The number of carbonyl (C=O) groups is 1. The first-order valence-electron chi connectivity index (χ1n) is 5.51. The van der Waals surface area contributed by atoms with Gasteiger partial charge in [0.25, 0.3) is 5.91 Å². The summed E-state index contributed by atoms with van der Waals surface area (Å²) in [6.07, 6.45) is 6.02. The highest BCUT2D eigenvalue weighted by molar-refractivity contribution is 6.04. The fourth-order valence-corrected chi connectivity index (χ4v) is 1.55. The molecule has 0 aromatic carbocycles. The molecule has 0 fully saturated rings. The third kappa shape index (κ3) is 2.42. The molecule has 2 aromatic rings. The van der Waals surface area contributed by atoms with Gasteiger partial charge in [-0.2, -0.15) is 0 Å². The summed E-state index contributed by atoms with van der Waals surface area (Å²) in [6, 6.07) is 3.54. The van der Waals surface area contributed by atoms with Gasteiger partial charge in [0, 0.05) is 24.6 Å². The highest BCUT2D eigenvalue weighted by atomic mass is 16.2. The van der Waals surface area contributed by atoms with Gasteiger partial charge in [-0.15, -0.1) is 0 Å². The van der Waals surface area contributed by atoms with Crippen LogP contribution >= 0.6 is 0 Å². The molecular formula is C12H13N5O. The van der Waals surface area contributed by atoms with E-state index in [0.29, 0.717) is 12.4 Å². The summed E-state index contributed by atoms with van der Waals surface area (Å²) in [6.45, 7) is 2.43. The predicted octanol–water partition coefficient (Wildman–Crippen LogP) is 1.12. The van der Waals surface area contributed by atoms with Crippen LogP contribution in [0.15, 0.2) is 36.9 Å². The Morgan fingerprint density at radius 1 is 1.28 bits per heavy atom. The van der Waals surface area contributed by atoms with Gasteiger partial charge in [0.1, 0.15) is 11.5 Å². The Morgan fingerprint density at radius 2 is 2.00 bits per heavy atom. The number of hydrogen-bond donors (Lipinski definition) is 1. The van der Waals surface area contributed by atoms with E-state index in [1.165, 1.54) is 12.4 Å². The molecule has 1 amide bonds. The molecule has 0 atom stereocenters. The van der Waals surface area contributed by atoms with E-state index in [1.54, 1.807) is 29.4 Å². The van der Waals surface area contributed by atoms with Gasteiger partial charge in [-0.1, -0.05) is 0 Å².